The molecule has 0 bridgehead atoms. The van der Waals surface area contributed by atoms with Gasteiger partial charge in [-0.05, 0) is 18.2 Å². The summed E-state index contributed by atoms with van der Waals surface area (Å²) in [7, 11) is 3.52. The molecule has 1 heterocycles. The Hall–Kier alpha value is -2.11. The van der Waals surface area contributed by atoms with E-state index in [1.165, 1.54) is 18.2 Å². The molecule has 0 saturated heterocycles. The Morgan fingerprint density at radius 1 is 1.38 bits per heavy atom. The predicted molar refractivity (Wildman–Crippen MR) is 60.4 cm³/mol. The summed E-state index contributed by atoms with van der Waals surface area (Å²) < 4.78 is 14.8. The van der Waals surface area contributed by atoms with Crippen molar-refractivity contribution in [3.8, 4) is 11.4 Å². The van der Waals surface area contributed by atoms with Gasteiger partial charge in [0.05, 0.1) is 0 Å². The van der Waals surface area contributed by atoms with Gasteiger partial charge in [-0.2, -0.15) is 0 Å². The highest BCUT2D eigenvalue weighted by Gasteiger charge is 2.12. The molecular formula is C10H12FN5. The maximum atomic E-state index is 13.1. The van der Waals surface area contributed by atoms with E-state index in [0.29, 0.717) is 23.0 Å². The van der Waals surface area contributed by atoms with Crippen LogP contribution in [-0.2, 0) is 7.05 Å². The van der Waals surface area contributed by atoms with Gasteiger partial charge in [0.25, 0.3) is 0 Å². The summed E-state index contributed by atoms with van der Waals surface area (Å²) in [5.41, 5.74) is 6.78. The van der Waals surface area contributed by atoms with Crippen molar-refractivity contribution in [2.45, 2.75) is 0 Å². The Labute approximate surface area is 92.1 Å². The van der Waals surface area contributed by atoms with Crippen molar-refractivity contribution in [2.75, 3.05) is 18.1 Å². The predicted octanol–water partition coefficient (Wildman–Crippen LogP) is 1.25. The lowest BCUT2D eigenvalue weighted by Gasteiger charge is -2.06. The Morgan fingerprint density at radius 2 is 2.12 bits per heavy atom. The molecule has 16 heavy (non-hydrogen) atoms. The molecule has 0 saturated carbocycles. The summed E-state index contributed by atoms with van der Waals surface area (Å²) >= 11 is 0. The maximum Gasteiger partial charge on any atom is 0.224 e. The zero-order valence-corrected chi connectivity index (χ0v) is 9.03. The zero-order valence-electron chi connectivity index (χ0n) is 9.03. The topological polar surface area (TPSA) is 68.8 Å². The van der Waals surface area contributed by atoms with Crippen molar-refractivity contribution in [1.82, 2.24) is 14.8 Å². The minimum Gasteiger partial charge on any atom is -0.398 e. The largest absolute Gasteiger partial charge is 0.398 e. The molecule has 1 aromatic heterocycles. The van der Waals surface area contributed by atoms with Crippen LogP contribution >= 0.6 is 0 Å². The van der Waals surface area contributed by atoms with Crippen molar-refractivity contribution >= 4 is 11.6 Å². The lowest BCUT2D eigenvalue weighted by atomic mass is 10.1. The van der Waals surface area contributed by atoms with Gasteiger partial charge in [-0.15, -0.1) is 10.2 Å². The molecule has 2 rings (SSSR count). The summed E-state index contributed by atoms with van der Waals surface area (Å²) in [5, 5.41) is 10.7. The van der Waals surface area contributed by atoms with Crippen LogP contribution in [0.5, 0.6) is 0 Å². The van der Waals surface area contributed by atoms with Gasteiger partial charge in [0.2, 0.25) is 5.95 Å². The fraction of sp³-hybridized carbons (Fsp3) is 0.200. The monoisotopic (exact) mass is 221 g/mol. The maximum absolute atomic E-state index is 13.1. The number of halogens is 1. The number of benzene rings is 1. The van der Waals surface area contributed by atoms with Crippen LogP contribution in [0.4, 0.5) is 16.0 Å². The first-order valence-electron chi connectivity index (χ1n) is 4.76. The van der Waals surface area contributed by atoms with Gasteiger partial charge in [0.1, 0.15) is 5.82 Å². The van der Waals surface area contributed by atoms with Crippen molar-refractivity contribution in [3.63, 3.8) is 0 Å². The number of aromatic nitrogens is 3. The lowest BCUT2D eigenvalue weighted by molar-refractivity contribution is 0.628. The number of hydrogen-bond acceptors (Lipinski definition) is 4. The Bertz CT molecular complexity index is 520. The average molecular weight is 221 g/mol. The number of nitrogen functional groups attached to an aromatic ring is 1. The molecule has 0 aliphatic rings. The zero-order chi connectivity index (χ0) is 11.7. The molecule has 5 nitrogen and oxygen atoms in total. The van der Waals surface area contributed by atoms with Crippen molar-refractivity contribution in [2.24, 2.45) is 7.05 Å². The molecule has 3 N–H and O–H groups in total. The Kier molecular flexibility index (Phi) is 2.47. The third-order valence-electron chi connectivity index (χ3n) is 2.35. The molecule has 0 aliphatic heterocycles. The number of nitrogens with zero attached hydrogens (tertiary/aromatic N) is 3. The van der Waals surface area contributed by atoms with Crippen LogP contribution in [0, 0.1) is 5.82 Å². The van der Waals surface area contributed by atoms with Gasteiger partial charge in [-0.25, -0.2) is 4.39 Å². The van der Waals surface area contributed by atoms with E-state index in [2.05, 4.69) is 15.5 Å². The first-order chi connectivity index (χ1) is 7.63. The second-order valence-corrected chi connectivity index (χ2v) is 3.39. The highest BCUT2D eigenvalue weighted by Crippen LogP contribution is 2.25. The first kappa shape index (κ1) is 10.4. The van der Waals surface area contributed by atoms with Gasteiger partial charge in [0, 0.05) is 25.3 Å². The van der Waals surface area contributed by atoms with Crippen molar-refractivity contribution in [1.29, 1.82) is 0 Å². The molecule has 0 radical (unpaired) electrons. The van der Waals surface area contributed by atoms with Crippen LogP contribution in [0.25, 0.3) is 11.4 Å². The standard InChI is InChI=1S/C10H12FN5/c1-13-10-15-14-9(16(10)2)7-5-6(11)3-4-8(7)12/h3-5H,12H2,1-2H3,(H,13,15). The van der Waals surface area contributed by atoms with Gasteiger partial charge in [-0.3, -0.25) is 4.57 Å². The quantitative estimate of drug-likeness (QED) is 0.749. The highest BCUT2D eigenvalue weighted by atomic mass is 19.1. The minimum absolute atomic E-state index is 0.349. The fourth-order valence-corrected chi connectivity index (χ4v) is 1.50. The van der Waals surface area contributed by atoms with Crippen LogP contribution in [0.1, 0.15) is 0 Å². The molecule has 0 spiro atoms. The summed E-state index contributed by atoms with van der Waals surface area (Å²) in [6, 6.07) is 4.17. The normalized spacial score (nSPS) is 10.4. The Balaban J connectivity index is 2.58. The number of nitrogens with two attached hydrogens (primary N) is 1. The van der Waals surface area contributed by atoms with Crippen LogP contribution in [0.2, 0.25) is 0 Å². The molecule has 84 valence electrons. The third-order valence-corrected chi connectivity index (χ3v) is 2.35. The summed E-state index contributed by atoms with van der Waals surface area (Å²) in [4.78, 5) is 0. The van der Waals surface area contributed by atoms with Crippen LogP contribution in [0.3, 0.4) is 0 Å². The molecule has 6 heteroatoms. The van der Waals surface area contributed by atoms with Crippen LogP contribution in [0.15, 0.2) is 18.2 Å². The van der Waals surface area contributed by atoms with E-state index in [1.807, 2.05) is 0 Å². The molecule has 0 fully saturated rings. The molecule has 2 aromatic rings. The number of rotatable bonds is 2. The smallest absolute Gasteiger partial charge is 0.224 e. The summed E-state index contributed by atoms with van der Waals surface area (Å²) in [6.45, 7) is 0. The highest BCUT2D eigenvalue weighted by molar-refractivity contribution is 5.72. The Morgan fingerprint density at radius 3 is 2.75 bits per heavy atom. The van der Waals surface area contributed by atoms with Gasteiger partial charge >= 0.3 is 0 Å². The van der Waals surface area contributed by atoms with E-state index in [4.69, 9.17) is 5.73 Å². The van der Waals surface area contributed by atoms with Gasteiger partial charge in [0.15, 0.2) is 5.82 Å². The number of hydrogen-bond donors (Lipinski definition) is 2. The van der Waals surface area contributed by atoms with E-state index in [-0.39, 0.29) is 5.82 Å². The van der Waals surface area contributed by atoms with Gasteiger partial charge < -0.3 is 11.1 Å². The minimum atomic E-state index is -0.349. The van der Waals surface area contributed by atoms with Crippen molar-refractivity contribution in [3.05, 3.63) is 24.0 Å². The molecule has 0 aliphatic carbocycles. The molecule has 1 aromatic carbocycles. The molecule has 0 amide bonds. The summed E-state index contributed by atoms with van der Waals surface area (Å²) in [6.07, 6.45) is 0. The van der Waals surface area contributed by atoms with Crippen LogP contribution in [-0.4, -0.2) is 21.8 Å². The number of anilines is 2. The molecule has 0 unspecified atom stereocenters. The lowest BCUT2D eigenvalue weighted by Crippen LogP contribution is -2.01. The number of nitrogens with one attached hydrogen (secondary N) is 1. The third kappa shape index (κ3) is 1.58. The van der Waals surface area contributed by atoms with E-state index in [0.717, 1.165) is 0 Å². The van der Waals surface area contributed by atoms with E-state index >= 15 is 0 Å². The molecular weight excluding hydrogens is 209 g/mol. The fourth-order valence-electron chi connectivity index (χ4n) is 1.50. The summed E-state index contributed by atoms with van der Waals surface area (Å²) in [5.74, 6) is 0.776. The van der Waals surface area contributed by atoms with Gasteiger partial charge in [-0.1, -0.05) is 0 Å². The van der Waals surface area contributed by atoms with Crippen LogP contribution < -0.4 is 11.1 Å². The van der Waals surface area contributed by atoms with E-state index in [1.54, 1.807) is 18.7 Å². The second-order valence-electron chi connectivity index (χ2n) is 3.39. The molecule has 0 atom stereocenters. The van der Waals surface area contributed by atoms with E-state index < -0.39 is 0 Å². The second kappa shape index (κ2) is 3.80. The van der Waals surface area contributed by atoms with E-state index in [9.17, 15) is 4.39 Å². The van der Waals surface area contributed by atoms with Crippen molar-refractivity contribution < 1.29 is 4.39 Å². The average Bonchev–Trinajstić information content (AvgIpc) is 2.63. The first-order valence-corrected chi connectivity index (χ1v) is 4.76. The SMILES string of the molecule is CNc1nnc(-c2cc(F)ccc2N)n1C.